The Hall–Kier alpha value is -3.23. The van der Waals surface area contributed by atoms with Crippen molar-refractivity contribution in [1.29, 1.82) is 0 Å². The largest absolute Gasteiger partial charge is 0.379 e. The first kappa shape index (κ1) is 27.3. The summed E-state index contributed by atoms with van der Waals surface area (Å²) in [4.78, 5) is 37.6. The molecule has 8 nitrogen and oxygen atoms in total. The SMILES string of the molecule is CC(=O)N1CCCCCCCN(C(=O)Cn2c(C)nc3ccccc32)Cc2ccc(CN3CCOCC3)cc21. The predicted octanol–water partition coefficient (Wildman–Crippen LogP) is 4.52. The molecule has 1 saturated heterocycles. The number of anilines is 1. The van der Waals surface area contributed by atoms with E-state index in [1.54, 1.807) is 6.92 Å². The van der Waals surface area contributed by atoms with Gasteiger partial charge in [-0.05, 0) is 49.1 Å². The van der Waals surface area contributed by atoms with Crippen molar-refractivity contribution >= 4 is 28.5 Å². The van der Waals surface area contributed by atoms with Gasteiger partial charge in [0.05, 0.1) is 24.2 Å². The van der Waals surface area contributed by atoms with Crippen LogP contribution in [0.5, 0.6) is 0 Å². The molecule has 8 heteroatoms. The third-order valence-electron chi connectivity index (χ3n) is 7.99. The maximum absolute atomic E-state index is 13.8. The van der Waals surface area contributed by atoms with Crippen LogP contribution in [0.1, 0.15) is 56.0 Å². The zero-order valence-electron chi connectivity index (χ0n) is 23.4. The van der Waals surface area contributed by atoms with Crippen molar-refractivity contribution in [3.8, 4) is 0 Å². The van der Waals surface area contributed by atoms with Gasteiger partial charge in [-0.25, -0.2) is 4.98 Å². The van der Waals surface area contributed by atoms with Gasteiger partial charge in [0.1, 0.15) is 12.4 Å². The van der Waals surface area contributed by atoms with Gasteiger partial charge < -0.3 is 19.1 Å². The molecule has 0 bridgehead atoms. The molecule has 0 unspecified atom stereocenters. The number of rotatable bonds is 4. The fourth-order valence-corrected chi connectivity index (χ4v) is 5.79. The fraction of sp³-hybridized carbons (Fsp3) is 0.516. The van der Waals surface area contributed by atoms with Crippen molar-refractivity contribution in [2.75, 3.05) is 44.3 Å². The molecule has 2 aliphatic heterocycles. The number of imidazole rings is 1. The summed E-state index contributed by atoms with van der Waals surface area (Å²) in [7, 11) is 0. The van der Waals surface area contributed by atoms with E-state index in [0.717, 1.165) is 93.1 Å². The average molecular weight is 532 g/mol. The molecule has 1 fully saturated rings. The summed E-state index contributed by atoms with van der Waals surface area (Å²) in [6, 6.07) is 14.4. The van der Waals surface area contributed by atoms with Crippen molar-refractivity contribution in [3.63, 3.8) is 0 Å². The van der Waals surface area contributed by atoms with Crippen molar-refractivity contribution < 1.29 is 14.3 Å². The summed E-state index contributed by atoms with van der Waals surface area (Å²) in [6.07, 6.45) is 5.25. The maximum atomic E-state index is 13.8. The summed E-state index contributed by atoms with van der Waals surface area (Å²) < 4.78 is 7.54. The van der Waals surface area contributed by atoms with E-state index in [0.29, 0.717) is 19.6 Å². The lowest BCUT2D eigenvalue weighted by atomic mass is 10.0. The second kappa shape index (κ2) is 12.7. The van der Waals surface area contributed by atoms with Gasteiger partial charge in [0.15, 0.2) is 0 Å². The Kier molecular flexibility index (Phi) is 8.94. The number of ether oxygens (including phenoxy) is 1. The average Bonchev–Trinajstić information content (AvgIpc) is 3.24. The highest BCUT2D eigenvalue weighted by atomic mass is 16.5. The number of para-hydroxylation sites is 2. The molecule has 0 aliphatic carbocycles. The molecule has 2 amide bonds. The smallest absolute Gasteiger partial charge is 0.242 e. The zero-order valence-corrected chi connectivity index (χ0v) is 23.4. The number of hydrogen-bond donors (Lipinski definition) is 0. The van der Waals surface area contributed by atoms with Crippen LogP contribution in [-0.2, 0) is 34.0 Å². The van der Waals surface area contributed by atoms with Crippen LogP contribution < -0.4 is 4.90 Å². The lowest BCUT2D eigenvalue weighted by Gasteiger charge is -2.31. The number of hydrogen-bond acceptors (Lipinski definition) is 5. The van der Waals surface area contributed by atoms with E-state index >= 15 is 0 Å². The Bertz CT molecular complexity index is 1300. The Morgan fingerprint density at radius 2 is 1.67 bits per heavy atom. The maximum Gasteiger partial charge on any atom is 0.242 e. The number of amides is 2. The number of carbonyl (C=O) groups is 2. The lowest BCUT2D eigenvalue weighted by molar-refractivity contribution is -0.132. The van der Waals surface area contributed by atoms with Crippen molar-refractivity contribution in [3.05, 3.63) is 59.4 Å². The highest BCUT2D eigenvalue weighted by molar-refractivity contribution is 5.92. The quantitative estimate of drug-likeness (QED) is 0.495. The van der Waals surface area contributed by atoms with E-state index < -0.39 is 0 Å². The van der Waals surface area contributed by atoms with Crippen LogP contribution in [0, 0.1) is 6.92 Å². The number of benzene rings is 2. The van der Waals surface area contributed by atoms with Gasteiger partial charge in [0, 0.05) is 51.9 Å². The van der Waals surface area contributed by atoms with Gasteiger partial charge in [-0.3, -0.25) is 14.5 Å². The van der Waals surface area contributed by atoms with E-state index in [4.69, 9.17) is 4.74 Å². The first-order valence-electron chi connectivity index (χ1n) is 14.4. The summed E-state index contributed by atoms with van der Waals surface area (Å²) in [6.45, 7) is 9.94. The Morgan fingerprint density at radius 1 is 0.923 bits per heavy atom. The summed E-state index contributed by atoms with van der Waals surface area (Å²) in [5.74, 6) is 0.973. The molecular formula is C31H41N5O3. The topological polar surface area (TPSA) is 70.9 Å². The Morgan fingerprint density at radius 3 is 2.46 bits per heavy atom. The third kappa shape index (κ3) is 6.68. The Labute approximate surface area is 231 Å². The molecule has 0 saturated carbocycles. The molecule has 5 rings (SSSR count). The predicted molar refractivity (Wildman–Crippen MR) is 154 cm³/mol. The molecule has 208 valence electrons. The van der Waals surface area contributed by atoms with E-state index in [1.165, 1.54) is 5.56 Å². The first-order valence-corrected chi connectivity index (χ1v) is 14.4. The monoisotopic (exact) mass is 531 g/mol. The van der Waals surface area contributed by atoms with Crippen molar-refractivity contribution in [1.82, 2.24) is 19.4 Å². The molecule has 39 heavy (non-hydrogen) atoms. The highest BCUT2D eigenvalue weighted by Crippen LogP contribution is 2.27. The van der Waals surface area contributed by atoms with Gasteiger partial charge in [-0.1, -0.05) is 43.5 Å². The van der Waals surface area contributed by atoms with Crippen LogP contribution in [-0.4, -0.2) is 70.6 Å². The lowest BCUT2D eigenvalue weighted by Crippen LogP contribution is -2.37. The van der Waals surface area contributed by atoms with Crippen LogP contribution in [0.3, 0.4) is 0 Å². The second-order valence-corrected chi connectivity index (χ2v) is 10.8. The number of aryl methyl sites for hydroxylation is 1. The number of fused-ring (bicyclic) bond motifs is 2. The van der Waals surface area contributed by atoms with Crippen LogP contribution in [0.2, 0.25) is 0 Å². The molecule has 2 aliphatic rings. The number of aromatic nitrogens is 2. The number of nitrogens with zero attached hydrogens (tertiary/aromatic N) is 5. The molecular weight excluding hydrogens is 490 g/mol. The standard InChI is InChI=1S/C31H41N5O3/c1-24-32-28-10-6-7-11-29(28)36(24)23-31(38)34-14-8-4-3-5-9-15-35(25(2)37)30-20-26(12-13-27(30)22-34)21-33-16-18-39-19-17-33/h6-7,10-13,20H,3-5,8-9,14-19,21-23H2,1-2H3. The molecule has 2 aromatic carbocycles. The van der Waals surface area contributed by atoms with Crippen LogP contribution in [0.4, 0.5) is 5.69 Å². The zero-order chi connectivity index (χ0) is 27.2. The van der Waals surface area contributed by atoms with Gasteiger partial charge in [0.25, 0.3) is 0 Å². The minimum Gasteiger partial charge on any atom is -0.379 e. The fourth-order valence-electron chi connectivity index (χ4n) is 5.79. The van der Waals surface area contributed by atoms with Crippen molar-refractivity contribution in [2.45, 2.75) is 65.6 Å². The summed E-state index contributed by atoms with van der Waals surface area (Å²) in [5.41, 5.74) is 5.04. The Balaban J connectivity index is 1.44. The van der Waals surface area contributed by atoms with Crippen LogP contribution >= 0.6 is 0 Å². The molecule has 0 N–H and O–H groups in total. The van der Waals surface area contributed by atoms with E-state index in [1.807, 2.05) is 45.6 Å². The molecule has 0 atom stereocenters. The van der Waals surface area contributed by atoms with Crippen LogP contribution in [0.15, 0.2) is 42.5 Å². The van der Waals surface area contributed by atoms with E-state index in [9.17, 15) is 9.59 Å². The van der Waals surface area contributed by atoms with Gasteiger partial charge in [0.2, 0.25) is 11.8 Å². The minimum atomic E-state index is 0.0511. The first-order chi connectivity index (χ1) is 19.0. The molecule has 3 aromatic rings. The summed E-state index contributed by atoms with van der Waals surface area (Å²) in [5, 5.41) is 0. The second-order valence-electron chi connectivity index (χ2n) is 10.8. The third-order valence-corrected chi connectivity index (χ3v) is 7.99. The van der Waals surface area contributed by atoms with Gasteiger partial charge in [-0.15, -0.1) is 0 Å². The molecule has 0 spiro atoms. The van der Waals surface area contributed by atoms with Gasteiger partial charge >= 0.3 is 0 Å². The number of carbonyl (C=O) groups excluding carboxylic acids is 2. The molecule has 3 heterocycles. The molecule has 0 radical (unpaired) electrons. The highest BCUT2D eigenvalue weighted by Gasteiger charge is 2.23. The van der Waals surface area contributed by atoms with Crippen molar-refractivity contribution in [2.24, 2.45) is 0 Å². The van der Waals surface area contributed by atoms with Gasteiger partial charge in [-0.2, -0.15) is 0 Å². The summed E-state index contributed by atoms with van der Waals surface area (Å²) >= 11 is 0. The van der Waals surface area contributed by atoms with Crippen LogP contribution in [0.25, 0.3) is 11.0 Å². The normalized spacial score (nSPS) is 17.9. The minimum absolute atomic E-state index is 0.0511. The number of morpholine rings is 1. The van der Waals surface area contributed by atoms with E-state index in [-0.39, 0.29) is 18.4 Å². The molecule has 1 aromatic heterocycles. The van der Waals surface area contributed by atoms with E-state index in [2.05, 4.69) is 28.1 Å².